The summed E-state index contributed by atoms with van der Waals surface area (Å²) in [6, 6.07) is 7.10. The summed E-state index contributed by atoms with van der Waals surface area (Å²) in [6.07, 6.45) is -0.656. The van der Waals surface area contributed by atoms with Crippen molar-refractivity contribution in [1.29, 1.82) is 0 Å². The third-order valence-electron chi connectivity index (χ3n) is 3.93. The van der Waals surface area contributed by atoms with Gasteiger partial charge in [-0.05, 0) is 17.5 Å². The van der Waals surface area contributed by atoms with Gasteiger partial charge in [0, 0.05) is 18.5 Å². The fourth-order valence-corrected chi connectivity index (χ4v) is 3.03. The minimum atomic E-state index is -0.991. The Morgan fingerprint density at radius 3 is 2.74 bits per heavy atom. The first kappa shape index (κ1) is 12.2. The molecule has 0 bridgehead atoms. The highest BCUT2D eigenvalue weighted by Gasteiger charge is 2.42. The zero-order valence-electron chi connectivity index (χ0n) is 10.7. The highest BCUT2D eigenvalue weighted by molar-refractivity contribution is 5.98. The van der Waals surface area contributed by atoms with Crippen LogP contribution in [0.15, 0.2) is 24.3 Å². The molecule has 19 heavy (non-hydrogen) atoms. The van der Waals surface area contributed by atoms with Crippen LogP contribution in [0.5, 0.6) is 0 Å². The predicted octanol–water partition coefficient (Wildman–Crippen LogP) is 0.485. The SMILES string of the molecule is CC1CC(=O)NC(O)C1N1Cc2ccccc2C1=O. The van der Waals surface area contributed by atoms with Gasteiger partial charge in [-0.3, -0.25) is 9.59 Å². The first-order valence-electron chi connectivity index (χ1n) is 6.44. The average Bonchev–Trinajstić information content (AvgIpc) is 2.66. The lowest BCUT2D eigenvalue weighted by molar-refractivity contribution is -0.132. The molecule has 3 atom stereocenters. The normalized spacial score (nSPS) is 30.2. The van der Waals surface area contributed by atoms with Crippen molar-refractivity contribution in [3.8, 4) is 0 Å². The number of benzene rings is 1. The van der Waals surface area contributed by atoms with Gasteiger partial charge in [-0.2, -0.15) is 0 Å². The number of amides is 2. The molecule has 2 aliphatic rings. The van der Waals surface area contributed by atoms with E-state index in [1.165, 1.54) is 0 Å². The molecule has 5 heteroatoms. The summed E-state index contributed by atoms with van der Waals surface area (Å²) in [5, 5.41) is 12.5. The van der Waals surface area contributed by atoms with Crippen molar-refractivity contribution in [2.75, 3.05) is 0 Å². The van der Waals surface area contributed by atoms with Crippen LogP contribution in [0.1, 0.15) is 29.3 Å². The van der Waals surface area contributed by atoms with Gasteiger partial charge in [-0.1, -0.05) is 25.1 Å². The number of nitrogens with zero attached hydrogens (tertiary/aromatic N) is 1. The molecule has 1 aromatic carbocycles. The fraction of sp³-hybridized carbons (Fsp3) is 0.429. The van der Waals surface area contributed by atoms with E-state index in [2.05, 4.69) is 5.32 Å². The Kier molecular flexibility index (Phi) is 2.78. The largest absolute Gasteiger partial charge is 0.372 e. The zero-order valence-corrected chi connectivity index (χ0v) is 10.7. The zero-order chi connectivity index (χ0) is 13.6. The molecule has 3 unspecified atom stereocenters. The molecular weight excluding hydrogens is 244 g/mol. The van der Waals surface area contributed by atoms with Gasteiger partial charge < -0.3 is 15.3 Å². The number of carbonyl (C=O) groups excluding carboxylic acids is 2. The van der Waals surface area contributed by atoms with Crippen LogP contribution in [0.2, 0.25) is 0 Å². The van der Waals surface area contributed by atoms with Crippen molar-refractivity contribution >= 4 is 11.8 Å². The highest BCUT2D eigenvalue weighted by Crippen LogP contribution is 2.30. The second-order valence-corrected chi connectivity index (χ2v) is 5.27. The van der Waals surface area contributed by atoms with E-state index in [9.17, 15) is 14.7 Å². The van der Waals surface area contributed by atoms with Crippen molar-refractivity contribution in [1.82, 2.24) is 10.2 Å². The monoisotopic (exact) mass is 260 g/mol. The lowest BCUT2D eigenvalue weighted by Crippen LogP contribution is -2.59. The molecule has 1 aromatic rings. The fourth-order valence-electron chi connectivity index (χ4n) is 3.03. The molecule has 2 N–H and O–H groups in total. The number of fused-ring (bicyclic) bond motifs is 1. The van der Waals surface area contributed by atoms with Crippen molar-refractivity contribution in [2.24, 2.45) is 5.92 Å². The van der Waals surface area contributed by atoms with Crippen LogP contribution >= 0.6 is 0 Å². The Bertz CT molecular complexity index is 529. The summed E-state index contributed by atoms with van der Waals surface area (Å²) in [4.78, 5) is 25.4. The van der Waals surface area contributed by atoms with Gasteiger partial charge in [-0.15, -0.1) is 0 Å². The smallest absolute Gasteiger partial charge is 0.254 e. The van der Waals surface area contributed by atoms with E-state index < -0.39 is 6.23 Å². The van der Waals surface area contributed by atoms with Gasteiger partial charge in [0.25, 0.3) is 5.91 Å². The molecule has 1 saturated heterocycles. The maximum Gasteiger partial charge on any atom is 0.254 e. The third-order valence-corrected chi connectivity index (χ3v) is 3.93. The van der Waals surface area contributed by atoms with Gasteiger partial charge in [0.2, 0.25) is 5.91 Å². The second kappa shape index (κ2) is 4.35. The molecular formula is C14H16N2O3. The van der Waals surface area contributed by atoms with Gasteiger partial charge >= 0.3 is 0 Å². The summed E-state index contributed by atoms with van der Waals surface area (Å²) in [7, 11) is 0. The Morgan fingerprint density at radius 2 is 2.05 bits per heavy atom. The Balaban J connectivity index is 1.89. The van der Waals surface area contributed by atoms with E-state index in [1.54, 1.807) is 11.0 Å². The van der Waals surface area contributed by atoms with Crippen LogP contribution < -0.4 is 5.32 Å². The Morgan fingerprint density at radius 1 is 1.32 bits per heavy atom. The van der Waals surface area contributed by atoms with E-state index in [1.807, 2.05) is 25.1 Å². The maximum absolute atomic E-state index is 12.4. The number of aliphatic hydroxyl groups excluding tert-OH is 1. The van der Waals surface area contributed by atoms with E-state index in [4.69, 9.17) is 0 Å². The molecule has 2 heterocycles. The van der Waals surface area contributed by atoms with E-state index in [0.717, 1.165) is 5.56 Å². The standard InChI is InChI=1S/C14H16N2O3/c1-8-6-11(17)15-13(18)12(8)16-7-9-4-2-3-5-10(9)14(16)19/h2-5,8,12-13,18H,6-7H2,1H3,(H,15,17). The number of carbonyl (C=O) groups is 2. The van der Waals surface area contributed by atoms with Crippen molar-refractivity contribution in [3.05, 3.63) is 35.4 Å². The molecule has 2 amide bonds. The van der Waals surface area contributed by atoms with Gasteiger partial charge in [0.15, 0.2) is 0 Å². The van der Waals surface area contributed by atoms with Crippen LogP contribution in [0.25, 0.3) is 0 Å². The summed E-state index contributed by atoms with van der Waals surface area (Å²) < 4.78 is 0. The summed E-state index contributed by atoms with van der Waals surface area (Å²) in [5.41, 5.74) is 1.67. The van der Waals surface area contributed by atoms with Crippen molar-refractivity contribution in [3.63, 3.8) is 0 Å². The molecule has 0 aliphatic carbocycles. The van der Waals surface area contributed by atoms with Crippen molar-refractivity contribution < 1.29 is 14.7 Å². The first-order valence-corrected chi connectivity index (χ1v) is 6.44. The highest BCUT2D eigenvalue weighted by atomic mass is 16.3. The topological polar surface area (TPSA) is 69.6 Å². The molecule has 5 nitrogen and oxygen atoms in total. The van der Waals surface area contributed by atoms with Gasteiger partial charge in [0.05, 0.1) is 6.04 Å². The summed E-state index contributed by atoms with van der Waals surface area (Å²) in [6.45, 7) is 2.39. The van der Waals surface area contributed by atoms with E-state index in [-0.39, 0.29) is 23.8 Å². The lowest BCUT2D eigenvalue weighted by atomic mass is 9.91. The number of nitrogens with one attached hydrogen (secondary N) is 1. The molecule has 2 aliphatic heterocycles. The van der Waals surface area contributed by atoms with Gasteiger partial charge in [0.1, 0.15) is 6.23 Å². The van der Waals surface area contributed by atoms with Crippen LogP contribution in [-0.4, -0.2) is 34.1 Å². The Labute approximate surface area is 111 Å². The van der Waals surface area contributed by atoms with E-state index in [0.29, 0.717) is 18.5 Å². The van der Waals surface area contributed by atoms with Crippen molar-refractivity contribution in [2.45, 2.75) is 32.2 Å². The average molecular weight is 260 g/mol. The molecule has 100 valence electrons. The van der Waals surface area contributed by atoms with Crippen LogP contribution in [0, 0.1) is 5.92 Å². The molecule has 3 rings (SSSR count). The lowest BCUT2D eigenvalue weighted by Gasteiger charge is -2.39. The molecule has 0 spiro atoms. The summed E-state index contributed by atoms with van der Waals surface area (Å²) >= 11 is 0. The second-order valence-electron chi connectivity index (χ2n) is 5.27. The number of rotatable bonds is 1. The molecule has 0 radical (unpaired) electrons. The minimum absolute atomic E-state index is 0.0537. The number of piperidine rings is 1. The molecule has 0 saturated carbocycles. The van der Waals surface area contributed by atoms with Gasteiger partial charge in [-0.25, -0.2) is 0 Å². The molecule has 1 fully saturated rings. The maximum atomic E-state index is 12.4. The third kappa shape index (κ3) is 1.90. The first-order chi connectivity index (χ1) is 9.08. The minimum Gasteiger partial charge on any atom is -0.372 e. The van der Waals surface area contributed by atoms with Crippen LogP contribution in [0.3, 0.4) is 0 Å². The van der Waals surface area contributed by atoms with E-state index >= 15 is 0 Å². The predicted molar refractivity (Wildman–Crippen MR) is 68.0 cm³/mol. The van der Waals surface area contributed by atoms with Crippen LogP contribution in [-0.2, 0) is 11.3 Å². The number of aliphatic hydroxyl groups is 1. The quantitative estimate of drug-likeness (QED) is 0.772. The Hall–Kier alpha value is -1.88. The van der Waals surface area contributed by atoms with Crippen LogP contribution in [0.4, 0.5) is 0 Å². The summed E-state index contributed by atoms with van der Waals surface area (Å²) in [5.74, 6) is -0.287. The molecule has 0 aromatic heterocycles. The number of hydrogen-bond donors (Lipinski definition) is 2. The number of hydrogen-bond acceptors (Lipinski definition) is 3.